The first-order valence-electron chi connectivity index (χ1n) is 9.84. The van der Waals surface area contributed by atoms with Gasteiger partial charge in [-0.05, 0) is 67.9 Å². The number of carbonyl (C=O) groups excluding carboxylic acids is 1. The van der Waals surface area contributed by atoms with Crippen LogP contribution in [-0.4, -0.2) is 19.1 Å². The maximum absolute atomic E-state index is 12.7. The van der Waals surface area contributed by atoms with E-state index in [2.05, 4.69) is 30.4 Å². The quantitative estimate of drug-likeness (QED) is 0.777. The number of methoxy groups -OCH3 is 1. The molecule has 0 bridgehead atoms. The number of para-hydroxylation sites is 2. The second-order valence-corrected chi connectivity index (χ2v) is 7.12. The monoisotopic (exact) mass is 367 g/mol. The summed E-state index contributed by atoms with van der Waals surface area (Å²) < 4.78 is 11.1. The van der Waals surface area contributed by atoms with Crippen LogP contribution in [0.15, 0.2) is 42.5 Å². The Bertz CT molecular complexity index is 787. The summed E-state index contributed by atoms with van der Waals surface area (Å²) in [7, 11) is 1.59. The van der Waals surface area contributed by atoms with Crippen LogP contribution in [0.2, 0.25) is 0 Å². The molecule has 1 aliphatic rings. The van der Waals surface area contributed by atoms with Crippen molar-refractivity contribution in [2.24, 2.45) is 0 Å². The lowest BCUT2D eigenvalue weighted by atomic mass is 9.89. The van der Waals surface area contributed by atoms with Gasteiger partial charge in [-0.2, -0.15) is 0 Å². The maximum Gasteiger partial charge on any atom is 0.261 e. The fourth-order valence-electron chi connectivity index (χ4n) is 3.64. The maximum atomic E-state index is 12.7. The molecule has 4 nitrogen and oxygen atoms in total. The molecule has 1 amide bonds. The second-order valence-electron chi connectivity index (χ2n) is 7.12. The van der Waals surface area contributed by atoms with Crippen LogP contribution < -0.4 is 14.8 Å². The van der Waals surface area contributed by atoms with Gasteiger partial charge in [-0.25, -0.2) is 0 Å². The van der Waals surface area contributed by atoms with E-state index in [-0.39, 0.29) is 11.9 Å². The highest BCUT2D eigenvalue weighted by atomic mass is 16.5. The molecule has 0 unspecified atom stereocenters. The molecule has 1 N–H and O–H groups in total. The number of hydrogen-bond donors (Lipinski definition) is 1. The summed E-state index contributed by atoms with van der Waals surface area (Å²) >= 11 is 0. The lowest BCUT2D eigenvalue weighted by Crippen LogP contribution is -2.38. The van der Waals surface area contributed by atoms with Gasteiger partial charge in [0.2, 0.25) is 0 Å². The summed E-state index contributed by atoms with van der Waals surface area (Å²) in [6, 6.07) is 14.0. The Morgan fingerprint density at radius 1 is 1.07 bits per heavy atom. The summed E-state index contributed by atoms with van der Waals surface area (Å²) in [6.07, 6.45) is 5.07. The average molecular weight is 367 g/mol. The number of benzene rings is 2. The zero-order valence-corrected chi connectivity index (χ0v) is 16.5. The molecule has 0 fully saturated rings. The molecule has 2 aromatic carbocycles. The standard InChI is InChI=1S/C23H29NO3/c1-4-20(19-14-13-17-9-5-6-10-18(17)15-19)24-23(25)16(2)27-22-12-8-7-11-21(22)26-3/h7-8,11-16,20H,4-6,9-10H2,1-3H3,(H,24,25)/t16-,20+/m0/s1. The molecule has 27 heavy (non-hydrogen) atoms. The van der Waals surface area contributed by atoms with Crippen LogP contribution in [-0.2, 0) is 17.6 Å². The average Bonchev–Trinajstić information content (AvgIpc) is 2.71. The molecule has 0 aliphatic heterocycles. The molecule has 0 radical (unpaired) electrons. The molecule has 2 atom stereocenters. The number of hydrogen-bond acceptors (Lipinski definition) is 3. The Hall–Kier alpha value is -2.49. The minimum absolute atomic E-state index is 0.00607. The predicted molar refractivity (Wildman–Crippen MR) is 107 cm³/mol. The van der Waals surface area contributed by atoms with Crippen molar-refractivity contribution in [3.05, 3.63) is 59.2 Å². The van der Waals surface area contributed by atoms with Crippen LogP contribution in [0.3, 0.4) is 0 Å². The summed E-state index contributed by atoms with van der Waals surface area (Å²) in [4.78, 5) is 12.7. The highest BCUT2D eigenvalue weighted by Gasteiger charge is 2.21. The minimum atomic E-state index is -0.604. The van der Waals surface area contributed by atoms with E-state index in [9.17, 15) is 4.79 Å². The van der Waals surface area contributed by atoms with Crippen LogP contribution in [0.4, 0.5) is 0 Å². The van der Waals surface area contributed by atoms with Gasteiger partial charge in [-0.1, -0.05) is 37.3 Å². The van der Waals surface area contributed by atoms with Crippen molar-refractivity contribution in [2.45, 2.75) is 58.1 Å². The first-order valence-corrected chi connectivity index (χ1v) is 9.84. The van der Waals surface area contributed by atoms with Gasteiger partial charge in [-0.15, -0.1) is 0 Å². The largest absolute Gasteiger partial charge is 0.493 e. The second kappa shape index (κ2) is 8.94. The van der Waals surface area contributed by atoms with Crippen molar-refractivity contribution in [1.82, 2.24) is 5.32 Å². The third-order valence-corrected chi connectivity index (χ3v) is 5.24. The van der Waals surface area contributed by atoms with Crippen LogP contribution in [0.25, 0.3) is 0 Å². The molecular weight excluding hydrogens is 338 g/mol. The van der Waals surface area contributed by atoms with E-state index in [1.165, 1.54) is 36.0 Å². The van der Waals surface area contributed by atoms with Gasteiger partial charge in [0.05, 0.1) is 13.2 Å². The Morgan fingerprint density at radius 3 is 2.48 bits per heavy atom. The lowest BCUT2D eigenvalue weighted by molar-refractivity contribution is -0.128. The molecule has 0 saturated carbocycles. The summed E-state index contributed by atoms with van der Waals surface area (Å²) in [5, 5.41) is 3.14. The molecule has 2 aromatic rings. The normalized spacial score (nSPS) is 15.4. The number of carbonyl (C=O) groups is 1. The fraction of sp³-hybridized carbons (Fsp3) is 0.435. The molecule has 0 aromatic heterocycles. The first-order chi connectivity index (χ1) is 13.1. The van der Waals surface area contributed by atoms with Gasteiger partial charge in [0.1, 0.15) is 0 Å². The van der Waals surface area contributed by atoms with Gasteiger partial charge >= 0.3 is 0 Å². The molecule has 0 heterocycles. The van der Waals surface area contributed by atoms with E-state index in [4.69, 9.17) is 9.47 Å². The molecule has 0 spiro atoms. The van der Waals surface area contributed by atoms with Crippen LogP contribution in [0.5, 0.6) is 11.5 Å². The Balaban J connectivity index is 1.67. The Labute approximate surface area is 161 Å². The van der Waals surface area contributed by atoms with Crippen molar-refractivity contribution >= 4 is 5.91 Å². The summed E-state index contributed by atoms with van der Waals surface area (Å²) in [5.41, 5.74) is 4.07. The zero-order chi connectivity index (χ0) is 19.2. The number of ether oxygens (including phenoxy) is 2. The van der Waals surface area contributed by atoms with Gasteiger partial charge in [0.25, 0.3) is 5.91 Å². The fourth-order valence-corrected chi connectivity index (χ4v) is 3.64. The van der Waals surface area contributed by atoms with Crippen molar-refractivity contribution in [2.75, 3.05) is 7.11 Å². The molecule has 144 valence electrons. The van der Waals surface area contributed by atoms with Crippen LogP contribution >= 0.6 is 0 Å². The van der Waals surface area contributed by atoms with E-state index < -0.39 is 6.10 Å². The van der Waals surface area contributed by atoms with E-state index in [1.807, 2.05) is 24.3 Å². The third-order valence-electron chi connectivity index (χ3n) is 5.24. The molecule has 0 saturated heterocycles. The number of aryl methyl sites for hydroxylation is 2. The van der Waals surface area contributed by atoms with Gasteiger partial charge < -0.3 is 14.8 Å². The molecule has 1 aliphatic carbocycles. The van der Waals surface area contributed by atoms with E-state index in [1.54, 1.807) is 14.0 Å². The SMILES string of the molecule is CC[C@@H](NC(=O)[C@H](C)Oc1ccccc1OC)c1ccc2c(c1)CCCC2. The number of nitrogens with one attached hydrogen (secondary N) is 1. The van der Waals surface area contributed by atoms with Gasteiger partial charge in [0, 0.05) is 0 Å². The number of fused-ring (bicyclic) bond motifs is 1. The topological polar surface area (TPSA) is 47.6 Å². The smallest absolute Gasteiger partial charge is 0.261 e. The molecular formula is C23H29NO3. The lowest BCUT2D eigenvalue weighted by Gasteiger charge is -2.23. The van der Waals surface area contributed by atoms with E-state index in [0.29, 0.717) is 11.5 Å². The highest BCUT2D eigenvalue weighted by molar-refractivity contribution is 5.81. The summed E-state index contributed by atoms with van der Waals surface area (Å²) in [5.74, 6) is 1.08. The number of amides is 1. The van der Waals surface area contributed by atoms with Gasteiger partial charge in [0.15, 0.2) is 17.6 Å². The first kappa shape index (κ1) is 19.3. The molecule has 4 heteroatoms. The van der Waals surface area contributed by atoms with Gasteiger partial charge in [-0.3, -0.25) is 4.79 Å². The van der Waals surface area contributed by atoms with Crippen LogP contribution in [0, 0.1) is 0 Å². The van der Waals surface area contributed by atoms with Crippen LogP contribution in [0.1, 0.15) is 55.8 Å². The zero-order valence-electron chi connectivity index (χ0n) is 16.5. The Kier molecular flexibility index (Phi) is 6.38. The van der Waals surface area contributed by atoms with E-state index >= 15 is 0 Å². The number of rotatable bonds is 7. The summed E-state index contributed by atoms with van der Waals surface area (Å²) in [6.45, 7) is 3.86. The van der Waals surface area contributed by atoms with Crippen molar-refractivity contribution in [3.63, 3.8) is 0 Å². The third kappa shape index (κ3) is 4.62. The predicted octanol–water partition coefficient (Wildman–Crippen LogP) is 4.61. The highest BCUT2D eigenvalue weighted by Crippen LogP contribution is 2.28. The van der Waals surface area contributed by atoms with Crippen molar-refractivity contribution < 1.29 is 14.3 Å². The molecule has 3 rings (SSSR count). The van der Waals surface area contributed by atoms with Crippen molar-refractivity contribution in [1.29, 1.82) is 0 Å². The minimum Gasteiger partial charge on any atom is -0.493 e. The Morgan fingerprint density at radius 2 is 1.78 bits per heavy atom. The van der Waals surface area contributed by atoms with E-state index in [0.717, 1.165) is 12.8 Å². The van der Waals surface area contributed by atoms with Crippen molar-refractivity contribution in [3.8, 4) is 11.5 Å².